The van der Waals surface area contributed by atoms with Gasteiger partial charge in [0.2, 0.25) is 5.91 Å². The molecule has 0 aliphatic heterocycles. The van der Waals surface area contributed by atoms with Gasteiger partial charge >= 0.3 is 0 Å². The third-order valence-electron chi connectivity index (χ3n) is 4.07. The molecule has 0 atom stereocenters. The smallest absolute Gasteiger partial charge is 0.234 e. The number of nitrogens with zero attached hydrogens (tertiary/aromatic N) is 3. The van der Waals surface area contributed by atoms with Crippen molar-refractivity contribution >= 4 is 35.1 Å². The van der Waals surface area contributed by atoms with Crippen LogP contribution in [0, 0.1) is 0 Å². The zero-order valence-electron chi connectivity index (χ0n) is 16.0. The van der Waals surface area contributed by atoms with E-state index in [-0.39, 0.29) is 11.7 Å². The van der Waals surface area contributed by atoms with Crippen LogP contribution >= 0.6 is 23.5 Å². The Morgan fingerprint density at radius 1 is 1.18 bits per heavy atom. The van der Waals surface area contributed by atoms with E-state index in [0.29, 0.717) is 6.54 Å². The number of thioether (sulfide) groups is 2. The van der Waals surface area contributed by atoms with Crippen LogP contribution in [0.2, 0.25) is 0 Å². The van der Waals surface area contributed by atoms with Gasteiger partial charge in [0, 0.05) is 22.7 Å². The summed E-state index contributed by atoms with van der Waals surface area (Å²) in [6.07, 6.45) is 2.01. The average Bonchev–Trinajstić information content (AvgIpc) is 3.15. The number of anilines is 1. The number of carbonyl (C=O) groups excluding carboxylic acids is 1. The first-order valence-corrected chi connectivity index (χ1v) is 11.0. The SMILES string of the molecule is CCn1c(SCC(=O)Nc2cccc(SC)c2)nnc1-c1ccc(OC)cc1. The molecule has 1 aromatic heterocycles. The van der Waals surface area contributed by atoms with Crippen molar-refractivity contribution in [3.63, 3.8) is 0 Å². The molecule has 0 saturated carbocycles. The first-order valence-electron chi connectivity index (χ1n) is 8.79. The van der Waals surface area contributed by atoms with E-state index in [1.807, 2.05) is 66.3 Å². The van der Waals surface area contributed by atoms with Crippen LogP contribution in [0.15, 0.2) is 58.6 Å². The maximum absolute atomic E-state index is 12.3. The van der Waals surface area contributed by atoms with Crippen LogP contribution in [-0.2, 0) is 11.3 Å². The molecule has 6 nitrogen and oxygen atoms in total. The summed E-state index contributed by atoms with van der Waals surface area (Å²) in [5.41, 5.74) is 1.76. The van der Waals surface area contributed by atoms with Crippen molar-refractivity contribution in [2.75, 3.05) is 24.4 Å². The van der Waals surface area contributed by atoms with Gasteiger partial charge in [0.05, 0.1) is 12.9 Å². The van der Waals surface area contributed by atoms with E-state index in [9.17, 15) is 4.79 Å². The van der Waals surface area contributed by atoms with Crippen LogP contribution in [-0.4, -0.2) is 39.8 Å². The number of amides is 1. The maximum Gasteiger partial charge on any atom is 0.234 e. The maximum atomic E-state index is 12.3. The van der Waals surface area contributed by atoms with Crippen molar-refractivity contribution in [1.29, 1.82) is 0 Å². The van der Waals surface area contributed by atoms with Gasteiger partial charge in [-0.1, -0.05) is 17.8 Å². The van der Waals surface area contributed by atoms with Crippen LogP contribution in [0.25, 0.3) is 11.4 Å². The lowest BCUT2D eigenvalue weighted by Crippen LogP contribution is -2.14. The number of rotatable bonds is 8. The number of ether oxygens (including phenoxy) is 1. The normalized spacial score (nSPS) is 10.7. The van der Waals surface area contributed by atoms with Crippen molar-refractivity contribution < 1.29 is 9.53 Å². The minimum Gasteiger partial charge on any atom is -0.497 e. The number of hydrogen-bond donors (Lipinski definition) is 1. The quantitative estimate of drug-likeness (QED) is 0.550. The van der Waals surface area contributed by atoms with Crippen molar-refractivity contribution in [3.05, 3.63) is 48.5 Å². The molecule has 146 valence electrons. The van der Waals surface area contributed by atoms with Gasteiger partial charge in [-0.25, -0.2) is 0 Å². The van der Waals surface area contributed by atoms with Crippen LogP contribution in [0.1, 0.15) is 6.92 Å². The monoisotopic (exact) mass is 414 g/mol. The summed E-state index contributed by atoms with van der Waals surface area (Å²) in [7, 11) is 1.64. The van der Waals surface area contributed by atoms with Crippen molar-refractivity contribution in [3.8, 4) is 17.1 Å². The molecule has 2 aromatic carbocycles. The van der Waals surface area contributed by atoms with Gasteiger partial charge < -0.3 is 14.6 Å². The molecule has 3 rings (SSSR count). The number of methoxy groups -OCH3 is 1. The molecule has 0 fully saturated rings. The molecular formula is C20H22N4O2S2. The molecule has 1 heterocycles. The van der Waals surface area contributed by atoms with Gasteiger partial charge in [-0.05, 0) is 55.6 Å². The second-order valence-corrected chi connectivity index (χ2v) is 7.67. The lowest BCUT2D eigenvalue weighted by Gasteiger charge is -2.09. The van der Waals surface area contributed by atoms with E-state index < -0.39 is 0 Å². The Hall–Kier alpha value is -2.45. The van der Waals surface area contributed by atoms with Crippen molar-refractivity contribution in [2.24, 2.45) is 0 Å². The molecule has 0 aliphatic carbocycles. The topological polar surface area (TPSA) is 69.0 Å². The Bertz CT molecular complexity index is 942. The average molecular weight is 415 g/mol. The van der Waals surface area contributed by atoms with Crippen molar-refractivity contribution in [2.45, 2.75) is 23.5 Å². The summed E-state index contributed by atoms with van der Waals surface area (Å²) in [4.78, 5) is 13.4. The fourth-order valence-electron chi connectivity index (χ4n) is 2.66. The van der Waals surface area contributed by atoms with E-state index in [2.05, 4.69) is 15.5 Å². The first kappa shape index (κ1) is 20.3. The van der Waals surface area contributed by atoms with Gasteiger partial charge in [0.1, 0.15) is 5.75 Å². The van der Waals surface area contributed by atoms with E-state index >= 15 is 0 Å². The number of nitrogens with one attached hydrogen (secondary N) is 1. The molecule has 1 N–H and O–H groups in total. The number of carbonyl (C=O) groups is 1. The summed E-state index contributed by atoms with van der Waals surface area (Å²) < 4.78 is 7.21. The van der Waals surface area contributed by atoms with E-state index in [4.69, 9.17) is 4.74 Å². The Kier molecular flexibility index (Phi) is 7.00. The summed E-state index contributed by atoms with van der Waals surface area (Å²) in [6, 6.07) is 15.5. The summed E-state index contributed by atoms with van der Waals surface area (Å²) in [5, 5.41) is 12.2. The van der Waals surface area contributed by atoms with Crippen LogP contribution in [0.3, 0.4) is 0 Å². The Morgan fingerprint density at radius 3 is 2.64 bits per heavy atom. The summed E-state index contributed by atoms with van der Waals surface area (Å²) in [6.45, 7) is 2.75. The lowest BCUT2D eigenvalue weighted by atomic mass is 10.2. The second-order valence-electron chi connectivity index (χ2n) is 5.85. The number of hydrogen-bond acceptors (Lipinski definition) is 6. The largest absolute Gasteiger partial charge is 0.497 e. The Morgan fingerprint density at radius 2 is 1.96 bits per heavy atom. The Balaban J connectivity index is 1.67. The third kappa shape index (κ3) is 4.88. The molecule has 3 aromatic rings. The standard InChI is InChI=1S/C20H22N4O2S2/c1-4-24-19(14-8-10-16(26-2)11-9-14)22-23-20(24)28-13-18(25)21-15-6-5-7-17(12-15)27-3/h5-12H,4,13H2,1-3H3,(H,21,25). The molecule has 0 spiro atoms. The van der Waals surface area contributed by atoms with Crippen LogP contribution in [0.5, 0.6) is 5.75 Å². The highest BCUT2D eigenvalue weighted by Gasteiger charge is 2.15. The molecule has 28 heavy (non-hydrogen) atoms. The second kappa shape index (κ2) is 9.66. The van der Waals surface area contributed by atoms with Gasteiger partial charge in [-0.3, -0.25) is 4.79 Å². The van der Waals surface area contributed by atoms with Crippen LogP contribution < -0.4 is 10.1 Å². The molecule has 8 heteroatoms. The fourth-order valence-corrected chi connectivity index (χ4v) is 3.92. The van der Waals surface area contributed by atoms with E-state index in [1.165, 1.54) is 11.8 Å². The van der Waals surface area contributed by atoms with Gasteiger partial charge in [0.25, 0.3) is 0 Å². The molecule has 0 aliphatic rings. The minimum absolute atomic E-state index is 0.0695. The van der Waals surface area contributed by atoms with Gasteiger partial charge in [-0.15, -0.1) is 22.0 Å². The molecule has 1 amide bonds. The predicted octanol–water partition coefficient (Wildman–Crippen LogP) is 4.43. The summed E-state index contributed by atoms with van der Waals surface area (Å²) >= 11 is 3.02. The van der Waals surface area contributed by atoms with Gasteiger partial charge in [0.15, 0.2) is 11.0 Å². The first-order chi connectivity index (χ1) is 13.6. The Labute approximate surface area is 173 Å². The lowest BCUT2D eigenvalue weighted by molar-refractivity contribution is -0.113. The molecule has 0 saturated heterocycles. The third-order valence-corrected chi connectivity index (χ3v) is 5.76. The van der Waals surface area contributed by atoms with E-state index in [1.54, 1.807) is 18.9 Å². The number of benzene rings is 2. The van der Waals surface area contributed by atoms with Crippen LogP contribution in [0.4, 0.5) is 5.69 Å². The highest BCUT2D eigenvalue weighted by atomic mass is 32.2. The van der Waals surface area contributed by atoms with E-state index in [0.717, 1.165) is 32.9 Å². The zero-order valence-corrected chi connectivity index (χ0v) is 17.6. The predicted molar refractivity (Wildman–Crippen MR) is 115 cm³/mol. The highest BCUT2D eigenvalue weighted by molar-refractivity contribution is 7.99. The highest BCUT2D eigenvalue weighted by Crippen LogP contribution is 2.26. The number of aromatic nitrogens is 3. The fraction of sp³-hybridized carbons (Fsp3) is 0.250. The van der Waals surface area contributed by atoms with Crippen molar-refractivity contribution in [1.82, 2.24) is 14.8 Å². The summed E-state index contributed by atoms with van der Waals surface area (Å²) in [5.74, 6) is 1.77. The molecular weight excluding hydrogens is 392 g/mol. The zero-order chi connectivity index (χ0) is 19.9. The van der Waals surface area contributed by atoms with Gasteiger partial charge in [-0.2, -0.15) is 0 Å². The molecule has 0 unspecified atom stereocenters. The molecule has 0 radical (unpaired) electrons. The molecule has 0 bridgehead atoms. The minimum atomic E-state index is -0.0695.